The second-order valence-electron chi connectivity index (χ2n) is 8.39. The third-order valence-electron chi connectivity index (χ3n) is 6.22. The molecule has 0 bridgehead atoms. The van der Waals surface area contributed by atoms with E-state index in [-0.39, 0.29) is 0 Å². The van der Waals surface area contributed by atoms with Crippen LogP contribution in [-0.4, -0.2) is 7.11 Å². The lowest BCUT2D eigenvalue weighted by molar-refractivity contribution is -0.659. The SMILES string of the molecule is [C-]#[N+]C(C)(C)c1cc2c3c([n+](C)ccc3c1)-c1c(c(OC)c3ccccc3c1C)O2. The Hall–Kier alpha value is -3.58. The number of aromatic nitrogens is 1. The van der Waals surface area contributed by atoms with E-state index in [1.807, 2.05) is 26.0 Å². The smallest absolute Gasteiger partial charge is 0.252 e. The monoisotopic (exact) mass is 395 g/mol. The standard InChI is InChI=1S/C26H23N2O2/c1-15-18-9-7-8-10-19(18)24(29-6)25-21(15)23-22-16(11-12-28(23)5)13-17(14-20(22)30-25)26(2,3)27-4/h7-14H,1-3,5-6H3/q+1. The maximum absolute atomic E-state index is 7.63. The van der Waals surface area contributed by atoms with E-state index in [1.54, 1.807) is 7.11 Å². The zero-order valence-electron chi connectivity index (χ0n) is 17.8. The van der Waals surface area contributed by atoms with Gasteiger partial charge in [0.15, 0.2) is 17.7 Å². The highest BCUT2D eigenvalue weighted by Crippen LogP contribution is 2.54. The van der Waals surface area contributed by atoms with Crippen LogP contribution in [0.1, 0.15) is 25.0 Å². The molecule has 0 saturated heterocycles. The largest absolute Gasteiger partial charge is 0.492 e. The number of hydrogen-bond acceptors (Lipinski definition) is 2. The fourth-order valence-electron chi connectivity index (χ4n) is 4.51. The fraction of sp³-hybridized carbons (Fsp3) is 0.231. The van der Waals surface area contributed by atoms with Gasteiger partial charge in [0, 0.05) is 30.9 Å². The van der Waals surface area contributed by atoms with Crippen molar-refractivity contribution in [3.05, 3.63) is 71.2 Å². The van der Waals surface area contributed by atoms with Crippen LogP contribution in [-0.2, 0) is 12.6 Å². The summed E-state index contributed by atoms with van der Waals surface area (Å²) in [5.74, 6) is 2.25. The van der Waals surface area contributed by atoms with E-state index in [0.717, 1.165) is 55.6 Å². The van der Waals surface area contributed by atoms with Crippen LogP contribution in [0.5, 0.6) is 17.2 Å². The van der Waals surface area contributed by atoms with Crippen molar-refractivity contribution in [3.8, 4) is 28.5 Å². The van der Waals surface area contributed by atoms with Gasteiger partial charge in [0.25, 0.3) is 5.54 Å². The maximum Gasteiger partial charge on any atom is 0.252 e. The van der Waals surface area contributed by atoms with Crippen molar-refractivity contribution in [2.75, 3.05) is 7.11 Å². The fourth-order valence-corrected chi connectivity index (χ4v) is 4.51. The van der Waals surface area contributed by atoms with E-state index < -0.39 is 5.54 Å². The Morgan fingerprint density at radius 1 is 1.10 bits per heavy atom. The third kappa shape index (κ3) is 2.35. The van der Waals surface area contributed by atoms with Crippen LogP contribution in [0.2, 0.25) is 0 Å². The van der Waals surface area contributed by atoms with Crippen LogP contribution in [0.3, 0.4) is 0 Å². The van der Waals surface area contributed by atoms with Crippen LogP contribution in [0.25, 0.3) is 37.6 Å². The normalized spacial score (nSPS) is 12.4. The third-order valence-corrected chi connectivity index (χ3v) is 6.22. The Labute approximate surface area is 176 Å². The first-order chi connectivity index (χ1) is 14.4. The predicted molar refractivity (Wildman–Crippen MR) is 119 cm³/mol. The molecule has 4 nitrogen and oxygen atoms in total. The minimum atomic E-state index is -0.629. The lowest BCUT2D eigenvalue weighted by Crippen LogP contribution is -2.32. The van der Waals surface area contributed by atoms with Gasteiger partial charge in [-0.15, -0.1) is 0 Å². The molecule has 1 aliphatic rings. The molecule has 0 radical (unpaired) electrons. The summed E-state index contributed by atoms with van der Waals surface area (Å²) in [6.07, 6.45) is 2.08. The Morgan fingerprint density at radius 2 is 1.83 bits per heavy atom. The molecule has 2 heterocycles. The van der Waals surface area contributed by atoms with Gasteiger partial charge in [0.2, 0.25) is 5.69 Å². The van der Waals surface area contributed by atoms with Crippen molar-refractivity contribution in [2.24, 2.45) is 7.05 Å². The Morgan fingerprint density at radius 3 is 2.53 bits per heavy atom. The number of hydrogen-bond donors (Lipinski definition) is 0. The van der Waals surface area contributed by atoms with E-state index in [0.29, 0.717) is 0 Å². The van der Waals surface area contributed by atoms with Crippen molar-refractivity contribution < 1.29 is 14.0 Å². The summed E-state index contributed by atoms with van der Waals surface area (Å²) in [6.45, 7) is 13.6. The average Bonchev–Trinajstić information content (AvgIpc) is 2.75. The summed E-state index contributed by atoms with van der Waals surface area (Å²) in [7, 11) is 3.75. The number of nitrogens with zero attached hydrogens (tertiary/aromatic N) is 2. The van der Waals surface area contributed by atoms with E-state index in [9.17, 15) is 0 Å². The van der Waals surface area contributed by atoms with Gasteiger partial charge >= 0.3 is 0 Å². The van der Waals surface area contributed by atoms with Gasteiger partial charge in [0.05, 0.1) is 18.1 Å². The summed E-state index contributed by atoms with van der Waals surface area (Å²) in [4.78, 5) is 3.83. The minimum absolute atomic E-state index is 0.629. The van der Waals surface area contributed by atoms with Gasteiger partial charge in [-0.1, -0.05) is 24.3 Å². The molecule has 5 rings (SSSR count). The zero-order valence-corrected chi connectivity index (χ0v) is 17.8. The van der Waals surface area contributed by atoms with E-state index in [4.69, 9.17) is 16.0 Å². The van der Waals surface area contributed by atoms with Gasteiger partial charge in [-0.3, -0.25) is 0 Å². The van der Waals surface area contributed by atoms with Gasteiger partial charge in [-0.25, -0.2) is 11.1 Å². The molecule has 148 valence electrons. The highest BCUT2D eigenvalue weighted by Gasteiger charge is 2.35. The highest BCUT2D eigenvalue weighted by atomic mass is 16.5. The molecule has 0 aliphatic carbocycles. The van der Waals surface area contributed by atoms with E-state index in [1.165, 1.54) is 5.56 Å². The van der Waals surface area contributed by atoms with Gasteiger partial charge in [-0.05, 0) is 35.4 Å². The highest BCUT2D eigenvalue weighted by molar-refractivity contribution is 6.07. The number of aryl methyl sites for hydroxylation is 2. The summed E-state index contributed by atoms with van der Waals surface area (Å²) in [5.41, 5.74) is 3.65. The second kappa shape index (κ2) is 6.21. The molecular formula is C26H23N2O2+. The summed E-state index contributed by atoms with van der Waals surface area (Å²) in [6, 6.07) is 14.5. The number of fused-ring (bicyclic) bond motifs is 3. The molecule has 0 unspecified atom stereocenters. The Bertz CT molecular complexity index is 1410. The molecule has 1 aromatic heterocycles. The molecule has 4 aromatic rings. The predicted octanol–water partition coefficient (Wildman–Crippen LogP) is 6.06. The number of methoxy groups -OCH3 is 1. The quantitative estimate of drug-likeness (QED) is 0.268. The number of pyridine rings is 1. The van der Waals surface area contributed by atoms with Gasteiger partial charge in [0.1, 0.15) is 12.8 Å². The number of rotatable bonds is 2. The van der Waals surface area contributed by atoms with Crippen molar-refractivity contribution >= 4 is 21.5 Å². The van der Waals surface area contributed by atoms with Crippen LogP contribution < -0.4 is 14.0 Å². The first-order valence-electron chi connectivity index (χ1n) is 10.0. The number of benzene rings is 3. The first-order valence-corrected chi connectivity index (χ1v) is 10.0. The molecule has 0 N–H and O–H groups in total. The molecule has 0 spiro atoms. The van der Waals surface area contributed by atoms with Gasteiger partial charge < -0.3 is 14.3 Å². The molecule has 3 aromatic carbocycles. The minimum Gasteiger partial charge on any atom is -0.492 e. The summed E-state index contributed by atoms with van der Waals surface area (Å²) < 4.78 is 14.6. The lowest BCUT2D eigenvalue weighted by Gasteiger charge is -2.25. The Kier molecular flexibility index (Phi) is 3.82. The van der Waals surface area contributed by atoms with E-state index in [2.05, 4.69) is 59.9 Å². The summed E-state index contributed by atoms with van der Waals surface area (Å²) >= 11 is 0. The van der Waals surface area contributed by atoms with Crippen LogP contribution in [0.4, 0.5) is 0 Å². The van der Waals surface area contributed by atoms with Crippen LogP contribution >= 0.6 is 0 Å². The average molecular weight is 395 g/mol. The second-order valence-corrected chi connectivity index (χ2v) is 8.39. The molecular weight excluding hydrogens is 372 g/mol. The van der Waals surface area contributed by atoms with Crippen molar-refractivity contribution in [3.63, 3.8) is 0 Å². The van der Waals surface area contributed by atoms with Crippen molar-refractivity contribution in [1.29, 1.82) is 0 Å². The summed E-state index contributed by atoms with van der Waals surface area (Å²) in [5, 5.41) is 4.33. The van der Waals surface area contributed by atoms with E-state index >= 15 is 0 Å². The molecule has 0 saturated carbocycles. The van der Waals surface area contributed by atoms with Crippen molar-refractivity contribution in [2.45, 2.75) is 26.3 Å². The van der Waals surface area contributed by atoms with Gasteiger partial charge in [-0.2, -0.15) is 0 Å². The van der Waals surface area contributed by atoms with Crippen LogP contribution in [0, 0.1) is 13.5 Å². The lowest BCUT2D eigenvalue weighted by atomic mass is 9.88. The molecule has 1 aliphatic heterocycles. The topological polar surface area (TPSA) is 26.7 Å². The number of ether oxygens (including phenoxy) is 2. The molecule has 4 heteroatoms. The first kappa shape index (κ1) is 18.4. The maximum atomic E-state index is 7.63. The molecule has 0 amide bonds. The molecule has 30 heavy (non-hydrogen) atoms. The zero-order chi connectivity index (χ0) is 21.2. The van der Waals surface area contributed by atoms with Crippen molar-refractivity contribution in [1.82, 2.24) is 0 Å². The molecule has 0 atom stereocenters. The van der Waals surface area contributed by atoms with Crippen LogP contribution in [0.15, 0.2) is 48.7 Å². The Balaban J connectivity index is 1.96. The molecule has 0 fully saturated rings.